The molecule has 0 saturated carbocycles. The smallest absolute Gasteiger partial charge is 0.0585 e. The fraction of sp³-hybridized carbons (Fsp3) is 0.333. The third-order valence-electron chi connectivity index (χ3n) is 2.68. The number of nitrogens with zero attached hydrogens (tertiary/aromatic N) is 1. The van der Waals surface area contributed by atoms with Gasteiger partial charge < -0.3 is 15.4 Å². The van der Waals surface area contributed by atoms with E-state index in [-0.39, 0.29) is 12.6 Å². The predicted molar refractivity (Wildman–Crippen MR) is 61.7 cm³/mol. The number of rotatable bonds is 3. The molecule has 0 aliphatic rings. The Kier molecular flexibility index (Phi) is 2.75. The number of fused-ring (bicyclic) bond motifs is 1. The standard InChI is InChI=1S/C12H16N2O/c1-14-5-4-10-3-2-9(7-12(10)14)6-11(13)8-15/h2-5,7,11,15H,6,8,13H2,1H3. The van der Waals surface area contributed by atoms with Crippen LogP contribution in [0.25, 0.3) is 10.9 Å². The van der Waals surface area contributed by atoms with E-state index in [1.165, 1.54) is 16.5 Å². The van der Waals surface area contributed by atoms with Crippen LogP contribution in [-0.4, -0.2) is 22.3 Å². The van der Waals surface area contributed by atoms with Gasteiger partial charge in [-0.15, -0.1) is 0 Å². The molecule has 0 spiro atoms. The summed E-state index contributed by atoms with van der Waals surface area (Å²) < 4.78 is 2.09. The molecule has 3 heteroatoms. The summed E-state index contributed by atoms with van der Waals surface area (Å²) in [7, 11) is 2.03. The molecule has 0 fully saturated rings. The lowest BCUT2D eigenvalue weighted by Crippen LogP contribution is -2.26. The lowest BCUT2D eigenvalue weighted by molar-refractivity contribution is 0.265. The van der Waals surface area contributed by atoms with E-state index in [1.54, 1.807) is 0 Å². The van der Waals surface area contributed by atoms with Crippen molar-refractivity contribution in [1.29, 1.82) is 0 Å². The Labute approximate surface area is 89.1 Å². The second-order valence-corrected chi connectivity index (χ2v) is 3.97. The van der Waals surface area contributed by atoms with Crippen LogP contribution in [0.3, 0.4) is 0 Å². The van der Waals surface area contributed by atoms with Crippen LogP contribution >= 0.6 is 0 Å². The molecule has 1 atom stereocenters. The van der Waals surface area contributed by atoms with Gasteiger partial charge >= 0.3 is 0 Å². The molecule has 2 aromatic rings. The van der Waals surface area contributed by atoms with Crippen LogP contribution in [0.1, 0.15) is 5.56 Å². The molecule has 3 N–H and O–H groups in total. The van der Waals surface area contributed by atoms with Gasteiger partial charge in [0.2, 0.25) is 0 Å². The largest absolute Gasteiger partial charge is 0.395 e. The number of nitrogens with two attached hydrogens (primary N) is 1. The maximum absolute atomic E-state index is 8.89. The summed E-state index contributed by atoms with van der Waals surface area (Å²) in [6, 6.07) is 8.21. The van der Waals surface area contributed by atoms with Crippen molar-refractivity contribution >= 4 is 10.9 Å². The maximum Gasteiger partial charge on any atom is 0.0585 e. The quantitative estimate of drug-likeness (QED) is 0.785. The first-order valence-electron chi connectivity index (χ1n) is 5.11. The minimum absolute atomic E-state index is 0.0329. The van der Waals surface area contributed by atoms with Crippen LogP contribution in [-0.2, 0) is 13.5 Å². The molecule has 1 unspecified atom stereocenters. The molecule has 80 valence electrons. The number of hydrogen-bond donors (Lipinski definition) is 2. The highest BCUT2D eigenvalue weighted by atomic mass is 16.3. The summed E-state index contributed by atoms with van der Waals surface area (Å²) in [5, 5.41) is 10.1. The maximum atomic E-state index is 8.89. The number of aryl methyl sites for hydroxylation is 1. The molecule has 1 aromatic carbocycles. The average Bonchev–Trinajstić information content (AvgIpc) is 2.60. The summed E-state index contributed by atoms with van der Waals surface area (Å²) in [5.41, 5.74) is 8.08. The van der Waals surface area contributed by atoms with E-state index in [0.29, 0.717) is 0 Å². The van der Waals surface area contributed by atoms with E-state index in [0.717, 1.165) is 6.42 Å². The molecule has 0 amide bonds. The molecule has 0 bridgehead atoms. The van der Waals surface area contributed by atoms with Gasteiger partial charge in [-0.1, -0.05) is 12.1 Å². The van der Waals surface area contributed by atoms with Gasteiger partial charge in [-0.05, 0) is 29.5 Å². The van der Waals surface area contributed by atoms with Crippen molar-refractivity contribution in [3.8, 4) is 0 Å². The van der Waals surface area contributed by atoms with Crippen molar-refractivity contribution in [2.45, 2.75) is 12.5 Å². The zero-order valence-electron chi connectivity index (χ0n) is 8.85. The molecular formula is C12H16N2O. The number of hydrogen-bond acceptors (Lipinski definition) is 2. The third-order valence-corrected chi connectivity index (χ3v) is 2.68. The number of aliphatic hydroxyl groups is 1. The Balaban J connectivity index is 2.33. The third kappa shape index (κ3) is 2.03. The first-order valence-corrected chi connectivity index (χ1v) is 5.11. The van der Waals surface area contributed by atoms with Crippen molar-refractivity contribution in [2.24, 2.45) is 12.8 Å². The van der Waals surface area contributed by atoms with Crippen LogP contribution in [0, 0.1) is 0 Å². The Hall–Kier alpha value is -1.32. The van der Waals surface area contributed by atoms with E-state index in [2.05, 4.69) is 28.8 Å². The Bertz CT molecular complexity index is 462. The molecule has 0 aliphatic heterocycles. The Morgan fingerprint density at radius 3 is 2.93 bits per heavy atom. The summed E-state index contributed by atoms with van der Waals surface area (Å²) in [6.45, 7) is 0.0329. The second-order valence-electron chi connectivity index (χ2n) is 3.97. The zero-order chi connectivity index (χ0) is 10.8. The van der Waals surface area contributed by atoms with Gasteiger partial charge in [0.25, 0.3) is 0 Å². The Morgan fingerprint density at radius 1 is 1.40 bits per heavy atom. The summed E-state index contributed by atoms with van der Waals surface area (Å²) in [6.07, 6.45) is 2.76. The molecule has 1 heterocycles. The lowest BCUT2D eigenvalue weighted by Gasteiger charge is -2.08. The summed E-state index contributed by atoms with van der Waals surface area (Å²) in [5.74, 6) is 0. The molecular weight excluding hydrogens is 188 g/mol. The Morgan fingerprint density at radius 2 is 2.20 bits per heavy atom. The van der Waals surface area contributed by atoms with Crippen molar-refractivity contribution in [2.75, 3.05) is 6.61 Å². The van der Waals surface area contributed by atoms with E-state index in [4.69, 9.17) is 10.8 Å². The molecule has 0 radical (unpaired) electrons. The normalized spacial score (nSPS) is 13.3. The van der Waals surface area contributed by atoms with Gasteiger partial charge in [0.1, 0.15) is 0 Å². The fourth-order valence-corrected chi connectivity index (χ4v) is 1.80. The van der Waals surface area contributed by atoms with E-state index >= 15 is 0 Å². The second kappa shape index (κ2) is 4.04. The van der Waals surface area contributed by atoms with Crippen molar-refractivity contribution in [3.05, 3.63) is 36.0 Å². The minimum Gasteiger partial charge on any atom is -0.395 e. The van der Waals surface area contributed by atoms with Crippen molar-refractivity contribution in [3.63, 3.8) is 0 Å². The highest BCUT2D eigenvalue weighted by Gasteiger charge is 2.04. The molecule has 0 aliphatic carbocycles. The van der Waals surface area contributed by atoms with E-state index in [1.807, 2.05) is 13.2 Å². The van der Waals surface area contributed by atoms with E-state index < -0.39 is 0 Å². The van der Waals surface area contributed by atoms with Gasteiger partial charge in [0, 0.05) is 24.8 Å². The van der Waals surface area contributed by atoms with Crippen LogP contribution in [0.4, 0.5) is 0 Å². The van der Waals surface area contributed by atoms with Crippen LogP contribution < -0.4 is 5.73 Å². The molecule has 1 aromatic heterocycles. The van der Waals surface area contributed by atoms with E-state index in [9.17, 15) is 0 Å². The van der Waals surface area contributed by atoms with Crippen LogP contribution in [0.15, 0.2) is 30.5 Å². The fourth-order valence-electron chi connectivity index (χ4n) is 1.80. The molecule has 3 nitrogen and oxygen atoms in total. The number of benzene rings is 1. The molecule has 15 heavy (non-hydrogen) atoms. The van der Waals surface area contributed by atoms with Gasteiger partial charge in [-0.2, -0.15) is 0 Å². The van der Waals surface area contributed by atoms with Crippen LogP contribution in [0.5, 0.6) is 0 Å². The highest BCUT2D eigenvalue weighted by molar-refractivity contribution is 5.80. The SMILES string of the molecule is Cn1ccc2ccc(CC(N)CO)cc21. The summed E-state index contributed by atoms with van der Waals surface area (Å²) >= 11 is 0. The first kappa shape index (κ1) is 10.2. The van der Waals surface area contributed by atoms with Gasteiger partial charge in [-0.25, -0.2) is 0 Å². The minimum atomic E-state index is -0.164. The zero-order valence-corrected chi connectivity index (χ0v) is 8.85. The van der Waals surface area contributed by atoms with Crippen molar-refractivity contribution < 1.29 is 5.11 Å². The highest BCUT2D eigenvalue weighted by Crippen LogP contribution is 2.17. The first-order chi connectivity index (χ1) is 7.20. The lowest BCUT2D eigenvalue weighted by atomic mass is 10.1. The molecule has 2 rings (SSSR count). The number of aromatic nitrogens is 1. The average molecular weight is 204 g/mol. The van der Waals surface area contributed by atoms with Gasteiger partial charge in [0.15, 0.2) is 0 Å². The van der Waals surface area contributed by atoms with Crippen LogP contribution in [0.2, 0.25) is 0 Å². The van der Waals surface area contributed by atoms with Gasteiger partial charge in [-0.3, -0.25) is 0 Å². The molecule has 0 saturated heterocycles. The predicted octanol–water partition coefficient (Wildman–Crippen LogP) is 1.04. The monoisotopic (exact) mass is 204 g/mol. The number of aliphatic hydroxyl groups excluding tert-OH is 1. The summed E-state index contributed by atoms with van der Waals surface area (Å²) in [4.78, 5) is 0. The van der Waals surface area contributed by atoms with Gasteiger partial charge in [0.05, 0.1) is 6.61 Å². The topological polar surface area (TPSA) is 51.2 Å². The van der Waals surface area contributed by atoms with Crippen molar-refractivity contribution in [1.82, 2.24) is 4.57 Å².